The van der Waals surface area contributed by atoms with Crippen molar-refractivity contribution >= 4 is 15.2 Å². The van der Waals surface area contributed by atoms with Crippen LogP contribution < -0.4 is 9.79 Å². The number of hydrogen-bond acceptors (Lipinski definition) is 6. The molecule has 0 aliphatic heterocycles. The van der Waals surface area contributed by atoms with Crippen molar-refractivity contribution in [3.63, 3.8) is 0 Å². The van der Waals surface area contributed by atoms with Gasteiger partial charge in [0.25, 0.3) is 0 Å². The van der Waals surface area contributed by atoms with Gasteiger partial charge in [-0.05, 0) is 0 Å². The summed E-state index contributed by atoms with van der Waals surface area (Å²) >= 11 is 0. The number of imidazole rings is 1. The Morgan fingerprint density at radius 3 is 2.06 bits per heavy atom. The van der Waals surface area contributed by atoms with E-state index in [9.17, 15) is 24.0 Å². The molecule has 2 atom stereocenters. The summed E-state index contributed by atoms with van der Waals surface area (Å²) in [5.74, 6) is 0. The molecular formula is C5H8N2O7P2Zn. The molecule has 1 heterocycles. The summed E-state index contributed by atoms with van der Waals surface area (Å²) in [7, 11) is -11.4. The maximum absolute atomic E-state index is 10.8. The van der Waals surface area contributed by atoms with Gasteiger partial charge >= 0.3 is 19.5 Å². The van der Waals surface area contributed by atoms with E-state index in [4.69, 9.17) is 9.79 Å². The van der Waals surface area contributed by atoms with E-state index >= 15 is 0 Å². The third kappa shape index (κ3) is 3.53. The Balaban J connectivity index is 0.00000256. The SMILES string of the molecule is O=P([O-])(O)C(O)(Cn1ccnc1)P(=O)([O-])O.[Zn+2]. The van der Waals surface area contributed by atoms with Crippen LogP contribution in [-0.4, -0.2) is 29.5 Å². The third-order valence-corrected chi connectivity index (χ3v) is 5.47. The molecule has 92 valence electrons. The Labute approximate surface area is 109 Å². The second-order valence-electron chi connectivity index (χ2n) is 3.05. The van der Waals surface area contributed by atoms with Crippen LogP contribution in [-0.2, 0) is 35.2 Å². The monoisotopic (exact) mass is 334 g/mol. The van der Waals surface area contributed by atoms with Gasteiger partial charge < -0.3 is 38.4 Å². The van der Waals surface area contributed by atoms with E-state index in [1.165, 1.54) is 6.20 Å². The van der Waals surface area contributed by atoms with Crippen LogP contribution >= 0.6 is 15.2 Å². The summed E-state index contributed by atoms with van der Waals surface area (Å²) in [5, 5.41) is 5.69. The molecule has 0 saturated carbocycles. The molecule has 0 aliphatic carbocycles. The summed E-state index contributed by atoms with van der Waals surface area (Å²) in [4.78, 5) is 42.4. The molecule has 0 spiro atoms. The maximum Gasteiger partial charge on any atom is 2.00 e. The smallest absolute Gasteiger partial charge is 0.776 e. The molecule has 0 amide bonds. The zero-order chi connectivity index (χ0) is 12.6. The first-order valence-corrected chi connectivity index (χ1v) is 6.99. The van der Waals surface area contributed by atoms with E-state index in [0.29, 0.717) is 0 Å². The van der Waals surface area contributed by atoms with E-state index < -0.39 is 26.8 Å². The van der Waals surface area contributed by atoms with Gasteiger partial charge in [-0.25, -0.2) is 4.98 Å². The second kappa shape index (κ2) is 5.38. The molecule has 12 heteroatoms. The minimum Gasteiger partial charge on any atom is -0.776 e. The molecule has 0 bridgehead atoms. The largest absolute Gasteiger partial charge is 2.00 e. The summed E-state index contributed by atoms with van der Waals surface area (Å²) in [6.07, 6.45) is 3.35. The van der Waals surface area contributed by atoms with Crippen molar-refractivity contribution in [2.45, 2.75) is 11.6 Å². The van der Waals surface area contributed by atoms with E-state index in [2.05, 4.69) is 4.98 Å². The van der Waals surface area contributed by atoms with Gasteiger partial charge in [-0.15, -0.1) is 0 Å². The average molecular weight is 335 g/mol. The van der Waals surface area contributed by atoms with E-state index in [0.717, 1.165) is 17.1 Å². The standard InChI is InChI=1S/C5H10N2O7P2.Zn/c8-5(15(9,10)11,16(12,13)14)3-7-2-1-6-4-7;/h1-2,4,8H,3H2,(H2,9,10,11)(H2,12,13,14);/q;+2/p-2. The van der Waals surface area contributed by atoms with Gasteiger partial charge in [0.15, 0.2) is 15.2 Å². The predicted octanol–water partition coefficient (Wildman–Crippen LogP) is -2.38. The van der Waals surface area contributed by atoms with Crippen LogP contribution in [0.2, 0.25) is 0 Å². The van der Waals surface area contributed by atoms with Crippen molar-refractivity contribution in [1.29, 1.82) is 0 Å². The van der Waals surface area contributed by atoms with Crippen molar-refractivity contribution in [1.82, 2.24) is 9.55 Å². The first-order chi connectivity index (χ1) is 7.08. The van der Waals surface area contributed by atoms with Crippen LogP contribution in [0.3, 0.4) is 0 Å². The Bertz CT molecular complexity index is 429. The molecular weight excluding hydrogens is 327 g/mol. The normalized spacial score (nSPS) is 21.7. The quantitative estimate of drug-likeness (QED) is 0.406. The second-order valence-corrected chi connectivity index (χ2v) is 6.96. The van der Waals surface area contributed by atoms with Gasteiger partial charge in [-0.3, -0.25) is 0 Å². The molecule has 0 fully saturated rings. The Hall–Kier alpha value is 0.0934. The molecule has 0 aliphatic rings. The molecule has 0 saturated heterocycles. The third-order valence-electron chi connectivity index (χ3n) is 1.86. The molecule has 1 aromatic rings. The maximum atomic E-state index is 10.8. The molecule has 0 radical (unpaired) electrons. The number of aliphatic hydroxyl groups is 1. The van der Waals surface area contributed by atoms with Crippen molar-refractivity contribution in [3.05, 3.63) is 18.7 Å². The summed E-state index contributed by atoms with van der Waals surface area (Å²) in [6.45, 7) is -1.08. The van der Waals surface area contributed by atoms with Crippen LogP contribution in [0.25, 0.3) is 0 Å². The Morgan fingerprint density at radius 1 is 1.29 bits per heavy atom. The summed E-state index contributed by atoms with van der Waals surface area (Å²) in [5.41, 5.74) is 0. The fraction of sp³-hybridized carbons (Fsp3) is 0.400. The van der Waals surface area contributed by atoms with Gasteiger partial charge in [0.2, 0.25) is 5.08 Å². The summed E-state index contributed by atoms with van der Waals surface area (Å²) < 4.78 is 22.5. The Kier molecular flexibility index (Phi) is 5.41. The zero-order valence-corrected chi connectivity index (χ0v) is 13.2. The van der Waals surface area contributed by atoms with Crippen molar-refractivity contribution in [2.24, 2.45) is 0 Å². The number of nitrogens with zero attached hydrogens (tertiary/aromatic N) is 2. The van der Waals surface area contributed by atoms with Crippen LogP contribution in [0.1, 0.15) is 0 Å². The number of hydrogen-bond donors (Lipinski definition) is 3. The predicted molar refractivity (Wildman–Crippen MR) is 46.8 cm³/mol. The van der Waals surface area contributed by atoms with Crippen LogP contribution in [0.15, 0.2) is 18.7 Å². The topological polar surface area (TPSA) is 159 Å². The van der Waals surface area contributed by atoms with E-state index in [1.807, 2.05) is 0 Å². The van der Waals surface area contributed by atoms with Gasteiger partial charge in [0.1, 0.15) is 0 Å². The van der Waals surface area contributed by atoms with Crippen LogP contribution in [0.4, 0.5) is 0 Å². The summed E-state index contributed by atoms with van der Waals surface area (Å²) in [6, 6.07) is 0. The first kappa shape index (κ1) is 17.1. The van der Waals surface area contributed by atoms with E-state index in [1.54, 1.807) is 0 Å². The molecule has 1 rings (SSSR count). The molecule has 17 heavy (non-hydrogen) atoms. The minimum absolute atomic E-state index is 0. The number of aromatic nitrogens is 2. The van der Waals surface area contributed by atoms with Gasteiger partial charge in [0, 0.05) is 12.4 Å². The molecule has 0 aromatic carbocycles. The first-order valence-electron chi connectivity index (χ1n) is 3.84. The van der Waals surface area contributed by atoms with Gasteiger partial charge in [-0.2, -0.15) is 0 Å². The van der Waals surface area contributed by atoms with Gasteiger partial charge in [0.05, 0.1) is 12.9 Å². The number of rotatable bonds is 4. The average Bonchev–Trinajstić information content (AvgIpc) is 2.52. The van der Waals surface area contributed by atoms with Crippen molar-refractivity contribution in [2.75, 3.05) is 0 Å². The molecule has 2 unspecified atom stereocenters. The van der Waals surface area contributed by atoms with Crippen molar-refractivity contribution < 1.29 is 53.3 Å². The molecule has 9 nitrogen and oxygen atoms in total. The fourth-order valence-corrected chi connectivity index (χ4v) is 2.93. The van der Waals surface area contributed by atoms with Crippen molar-refractivity contribution in [3.8, 4) is 0 Å². The fourth-order valence-electron chi connectivity index (χ4n) is 0.964. The van der Waals surface area contributed by atoms with Gasteiger partial charge in [-0.1, -0.05) is 0 Å². The molecule has 1 aromatic heterocycles. The minimum atomic E-state index is -5.72. The molecule has 3 N–H and O–H groups in total. The van der Waals surface area contributed by atoms with E-state index in [-0.39, 0.29) is 19.5 Å². The van der Waals surface area contributed by atoms with Crippen LogP contribution in [0, 0.1) is 0 Å². The van der Waals surface area contributed by atoms with Crippen LogP contribution in [0.5, 0.6) is 0 Å². The zero-order valence-electron chi connectivity index (χ0n) is 8.41. The Morgan fingerprint density at radius 2 is 1.76 bits per heavy atom.